The third kappa shape index (κ3) is 5.21. The van der Waals surface area contributed by atoms with Crippen molar-refractivity contribution in [2.75, 3.05) is 13.6 Å². The van der Waals surface area contributed by atoms with E-state index in [9.17, 15) is 26.4 Å². The minimum atomic E-state index is -4.69. The molecular formula is C23H26F3N3O3S. The molecule has 1 heterocycles. The van der Waals surface area contributed by atoms with E-state index in [-0.39, 0.29) is 23.7 Å². The summed E-state index contributed by atoms with van der Waals surface area (Å²) in [7, 11) is -2.92. The van der Waals surface area contributed by atoms with Gasteiger partial charge in [0.25, 0.3) is 10.0 Å². The van der Waals surface area contributed by atoms with Crippen LogP contribution in [0.15, 0.2) is 52.5 Å². The Morgan fingerprint density at radius 3 is 2.18 bits per heavy atom. The number of amidine groups is 1. The van der Waals surface area contributed by atoms with Crippen LogP contribution in [0.2, 0.25) is 0 Å². The lowest BCUT2D eigenvalue weighted by Crippen LogP contribution is -2.54. The summed E-state index contributed by atoms with van der Waals surface area (Å²) in [5, 5.41) is 4.23. The number of hydrazone groups is 1. The first kappa shape index (κ1) is 24.8. The van der Waals surface area contributed by atoms with Crippen molar-refractivity contribution in [3.8, 4) is 0 Å². The number of hydrogen-bond acceptors (Lipinski definition) is 4. The molecule has 1 aliphatic rings. The maximum absolute atomic E-state index is 13.9. The summed E-state index contributed by atoms with van der Waals surface area (Å²) in [5.74, 6) is -0.617. The van der Waals surface area contributed by atoms with Crippen LogP contribution in [0.25, 0.3) is 0 Å². The van der Waals surface area contributed by atoms with Crippen LogP contribution in [0, 0.1) is 20.8 Å². The standard InChI is InChI=1S/C23H26F3N3O3S/c1-15-8-10-19(11-9-15)33(31,32)28(4)27-22(21-16(2)6-5-7-17(21)3)29-13-12-18(30)14-20(29)23(24,25)26/h5-11,20H,12-14H2,1-4H3/b27-22+. The average molecular weight is 482 g/mol. The van der Waals surface area contributed by atoms with Crippen molar-refractivity contribution in [2.45, 2.75) is 50.7 Å². The van der Waals surface area contributed by atoms with Crippen LogP contribution < -0.4 is 0 Å². The van der Waals surface area contributed by atoms with Gasteiger partial charge in [-0.05, 0) is 44.0 Å². The number of sulfonamides is 1. The molecule has 0 aliphatic carbocycles. The monoisotopic (exact) mass is 481 g/mol. The van der Waals surface area contributed by atoms with E-state index in [1.165, 1.54) is 19.2 Å². The number of carbonyl (C=O) groups excluding carboxylic acids is 1. The molecule has 6 nitrogen and oxygen atoms in total. The highest BCUT2D eigenvalue weighted by Crippen LogP contribution is 2.33. The van der Waals surface area contributed by atoms with E-state index in [0.29, 0.717) is 21.1 Å². The number of Topliss-reactive ketones (excluding diaryl/α,β-unsaturated/α-hetero) is 1. The number of aryl methyl sites for hydroxylation is 3. The van der Waals surface area contributed by atoms with Crippen LogP contribution in [0.3, 0.4) is 0 Å². The van der Waals surface area contributed by atoms with Crippen molar-refractivity contribution in [1.82, 2.24) is 9.31 Å². The Hall–Kier alpha value is -2.88. The van der Waals surface area contributed by atoms with Crippen LogP contribution in [-0.4, -0.2) is 55.2 Å². The topological polar surface area (TPSA) is 70.1 Å². The number of rotatable bonds is 4. The summed E-state index contributed by atoms with van der Waals surface area (Å²) in [6.07, 6.45) is -5.48. The van der Waals surface area contributed by atoms with E-state index in [0.717, 1.165) is 10.5 Å². The Kier molecular flexibility index (Phi) is 6.88. The molecule has 2 aromatic carbocycles. The van der Waals surface area contributed by atoms with Gasteiger partial charge in [0.1, 0.15) is 11.8 Å². The highest BCUT2D eigenvalue weighted by atomic mass is 32.2. The number of benzene rings is 2. The molecule has 0 N–H and O–H groups in total. The molecule has 0 amide bonds. The summed E-state index contributed by atoms with van der Waals surface area (Å²) in [6, 6.07) is 9.24. The average Bonchev–Trinajstić information content (AvgIpc) is 2.72. The van der Waals surface area contributed by atoms with Gasteiger partial charge in [-0.1, -0.05) is 35.9 Å². The molecule has 1 saturated heterocycles. The van der Waals surface area contributed by atoms with Crippen LogP contribution in [0.1, 0.15) is 35.1 Å². The number of alkyl halides is 3. The first-order valence-corrected chi connectivity index (χ1v) is 11.8. The fourth-order valence-electron chi connectivity index (χ4n) is 3.84. The van der Waals surface area contributed by atoms with Crippen molar-refractivity contribution < 1.29 is 26.4 Å². The smallest absolute Gasteiger partial charge is 0.342 e. The van der Waals surface area contributed by atoms with Gasteiger partial charge in [0.05, 0.1) is 4.90 Å². The van der Waals surface area contributed by atoms with Crippen molar-refractivity contribution in [3.05, 3.63) is 64.7 Å². The summed E-state index contributed by atoms with van der Waals surface area (Å²) in [5.41, 5.74) is 2.56. The Morgan fingerprint density at radius 2 is 1.64 bits per heavy atom. The van der Waals surface area contributed by atoms with Crippen molar-refractivity contribution in [2.24, 2.45) is 5.10 Å². The molecule has 1 fully saturated rings. The molecule has 1 aliphatic heterocycles. The molecule has 0 radical (unpaired) electrons. The summed E-state index contributed by atoms with van der Waals surface area (Å²) in [6.45, 7) is 5.05. The van der Waals surface area contributed by atoms with Crippen molar-refractivity contribution in [1.29, 1.82) is 0 Å². The predicted octanol–water partition coefficient (Wildman–Crippen LogP) is 4.19. The Morgan fingerprint density at radius 1 is 1.06 bits per heavy atom. The Labute approximate surface area is 191 Å². The minimum absolute atomic E-state index is 0.0265. The summed E-state index contributed by atoms with van der Waals surface area (Å²) >= 11 is 0. The molecule has 0 spiro atoms. The fraction of sp³-hybridized carbons (Fsp3) is 0.391. The summed E-state index contributed by atoms with van der Waals surface area (Å²) in [4.78, 5) is 12.9. The van der Waals surface area contributed by atoms with Gasteiger partial charge in [-0.15, -0.1) is 5.10 Å². The van der Waals surface area contributed by atoms with Gasteiger partial charge >= 0.3 is 6.18 Å². The van der Waals surface area contributed by atoms with Crippen LogP contribution in [0.4, 0.5) is 13.2 Å². The first-order chi connectivity index (χ1) is 15.3. The molecule has 1 atom stereocenters. The lowest BCUT2D eigenvalue weighted by Gasteiger charge is -2.39. The maximum atomic E-state index is 13.9. The lowest BCUT2D eigenvalue weighted by molar-refractivity contribution is -0.182. The van der Waals surface area contributed by atoms with E-state index in [1.54, 1.807) is 44.2 Å². The number of hydrogen-bond donors (Lipinski definition) is 0. The zero-order chi connectivity index (χ0) is 24.6. The Bertz CT molecular complexity index is 1160. The van der Waals surface area contributed by atoms with Gasteiger partial charge in [-0.2, -0.15) is 26.0 Å². The number of halogens is 3. The van der Waals surface area contributed by atoms with Gasteiger partial charge < -0.3 is 4.90 Å². The first-order valence-electron chi connectivity index (χ1n) is 10.4. The maximum Gasteiger partial charge on any atom is 0.409 e. The number of likely N-dealkylation sites (tertiary alicyclic amines) is 1. The molecule has 178 valence electrons. The van der Waals surface area contributed by atoms with Gasteiger partial charge in [-0.25, -0.2) is 0 Å². The highest BCUT2D eigenvalue weighted by Gasteiger charge is 2.48. The minimum Gasteiger partial charge on any atom is -0.342 e. The molecule has 0 bridgehead atoms. The van der Waals surface area contributed by atoms with Gasteiger partial charge in [0.15, 0.2) is 5.84 Å². The number of piperidine rings is 1. The van der Waals surface area contributed by atoms with Gasteiger partial charge in [0, 0.05) is 32.0 Å². The van der Waals surface area contributed by atoms with Crippen molar-refractivity contribution in [3.63, 3.8) is 0 Å². The van der Waals surface area contributed by atoms with Crippen LogP contribution in [-0.2, 0) is 14.8 Å². The van der Waals surface area contributed by atoms with E-state index >= 15 is 0 Å². The number of carbonyl (C=O) groups is 1. The summed E-state index contributed by atoms with van der Waals surface area (Å²) < 4.78 is 68.7. The second-order valence-corrected chi connectivity index (χ2v) is 10.1. The lowest BCUT2D eigenvalue weighted by atomic mass is 9.96. The quantitative estimate of drug-likeness (QED) is 0.373. The molecule has 0 aromatic heterocycles. The fourth-order valence-corrected chi connectivity index (χ4v) is 4.81. The Balaban J connectivity index is 2.18. The normalized spacial score (nSPS) is 17.9. The molecule has 0 saturated carbocycles. The largest absolute Gasteiger partial charge is 0.409 e. The zero-order valence-electron chi connectivity index (χ0n) is 18.8. The predicted molar refractivity (Wildman–Crippen MR) is 119 cm³/mol. The third-order valence-electron chi connectivity index (χ3n) is 5.69. The van der Waals surface area contributed by atoms with Crippen LogP contribution >= 0.6 is 0 Å². The molecule has 2 aromatic rings. The molecule has 33 heavy (non-hydrogen) atoms. The number of ketones is 1. The SMILES string of the molecule is Cc1ccc(S(=O)(=O)N(C)/N=C(\c2c(C)cccc2C)N2CCC(=O)CC2C(F)(F)F)cc1. The van der Waals surface area contributed by atoms with E-state index in [4.69, 9.17) is 0 Å². The second-order valence-electron chi connectivity index (χ2n) is 8.19. The highest BCUT2D eigenvalue weighted by molar-refractivity contribution is 7.89. The van der Waals surface area contributed by atoms with Crippen molar-refractivity contribution >= 4 is 21.6 Å². The third-order valence-corrected chi connectivity index (χ3v) is 7.33. The second kappa shape index (κ2) is 9.17. The van der Waals surface area contributed by atoms with E-state index in [1.807, 2.05) is 6.92 Å². The van der Waals surface area contributed by atoms with E-state index < -0.39 is 34.4 Å². The van der Waals surface area contributed by atoms with Gasteiger partial charge in [-0.3, -0.25) is 4.79 Å². The van der Waals surface area contributed by atoms with E-state index in [2.05, 4.69) is 5.10 Å². The zero-order valence-corrected chi connectivity index (χ0v) is 19.7. The van der Waals surface area contributed by atoms with Crippen LogP contribution in [0.5, 0.6) is 0 Å². The molecular weight excluding hydrogens is 455 g/mol. The number of nitrogens with zero attached hydrogens (tertiary/aromatic N) is 3. The molecule has 1 unspecified atom stereocenters. The molecule has 3 rings (SSSR count). The van der Waals surface area contributed by atoms with Gasteiger partial charge in [0.2, 0.25) is 0 Å². The molecule has 10 heteroatoms.